The van der Waals surface area contributed by atoms with Crippen LogP contribution in [0.25, 0.3) is 11.0 Å². The predicted molar refractivity (Wildman–Crippen MR) is 129 cm³/mol. The van der Waals surface area contributed by atoms with E-state index in [9.17, 15) is 0 Å². The highest BCUT2D eigenvalue weighted by molar-refractivity contribution is 5.89. The van der Waals surface area contributed by atoms with Crippen molar-refractivity contribution in [2.75, 3.05) is 26.3 Å². The van der Waals surface area contributed by atoms with Gasteiger partial charge in [0.25, 0.3) is 0 Å². The number of nitrogens with zero attached hydrogens (tertiary/aromatic N) is 4. The van der Waals surface area contributed by atoms with Gasteiger partial charge in [-0.15, -0.1) is 0 Å². The SMILES string of the molecule is C[C@@]12COC[C@]1(C)CN([C@H]1Cc3ccccc3C1C=Nc1ncnc3[nH]c(C4CC4)cc13)C2. The Hall–Kier alpha value is -2.57. The highest BCUT2D eigenvalue weighted by atomic mass is 16.5. The van der Waals surface area contributed by atoms with E-state index >= 15 is 0 Å². The molecule has 0 bridgehead atoms. The van der Waals surface area contributed by atoms with E-state index in [1.54, 1.807) is 6.33 Å². The second-order valence-corrected chi connectivity index (χ2v) is 11.3. The maximum atomic E-state index is 5.92. The Morgan fingerprint density at radius 1 is 1.12 bits per heavy atom. The molecule has 1 saturated carbocycles. The van der Waals surface area contributed by atoms with Gasteiger partial charge in [0.2, 0.25) is 0 Å². The highest BCUT2D eigenvalue weighted by Crippen LogP contribution is 2.52. The zero-order valence-corrected chi connectivity index (χ0v) is 19.4. The molecule has 4 heterocycles. The van der Waals surface area contributed by atoms with Crippen LogP contribution >= 0.6 is 0 Å². The molecular weight excluding hydrogens is 410 g/mol. The molecule has 1 aromatic carbocycles. The first kappa shape index (κ1) is 19.9. The normalized spacial score (nSPS) is 33.9. The Morgan fingerprint density at radius 3 is 2.70 bits per heavy atom. The molecule has 6 heteroatoms. The molecule has 33 heavy (non-hydrogen) atoms. The summed E-state index contributed by atoms with van der Waals surface area (Å²) in [4.78, 5) is 20.2. The molecule has 3 fully saturated rings. The number of hydrogen-bond acceptors (Lipinski definition) is 5. The molecular formula is C27H31N5O. The summed E-state index contributed by atoms with van der Waals surface area (Å²) in [5.74, 6) is 1.69. The Labute approximate surface area is 194 Å². The fourth-order valence-electron chi connectivity index (χ4n) is 6.47. The standard InChI is InChI=1S/C27H31N5O/c1-26-12-32(13-27(26,2)15-33-14-26)23-9-18-5-3-4-6-19(18)21(23)11-28-24-20-10-22(17-7-8-17)31-25(20)30-16-29-24/h3-6,10-11,16-17,21,23H,7-9,12-15H2,1-2H3,(H,29,30,31)/t21?,23-,26-,27+/m0/s1. The summed E-state index contributed by atoms with van der Waals surface area (Å²) in [5, 5.41) is 1.03. The minimum Gasteiger partial charge on any atom is -0.380 e. The van der Waals surface area contributed by atoms with Crippen LogP contribution in [0.2, 0.25) is 0 Å². The van der Waals surface area contributed by atoms with E-state index in [2.05, 4.69) is 70.2 Å². The van der Waals surface area contributed by atoms with Gasteiger partial charge in [-0.3, -0.25) is 4.90 Å². The van der Waals surface area contributed by atoms with Crippen LogP contribution in [-0.4, -0.2) is 58.4 Å². The van der Waals surface area contributed by atoms with Gasteiger partial charge in [0.1, 0.15) is 12.0 Å². The first-order valence-electron chi connectivity index (χ1n) is 12.3. The summed E-state index contributed by atoms with van der Waals surface area (Å²) in [6.45, 7) is 8.74. The second-order valence-electron chi connectivity index (χ2n) is 11.3. The number of aromatic amines is 1. The second kappa shape index (κ2) is 6.97. The topological polar surface area (TPSA) is 66.4 Å². The Kier molecular flexibility index (Phi) is 4.19. The van der Waals surface area contributed by atoms with Crippen LogP contribution < -0.4 is 0 Å². The molecule has 2 saturated heterocycles. The van der Waals surface area contributed by atoms with E-state index in [-0.39, 0.29) is 16.7 Å². The van der Waals surface area contributed by atoms with E-state index < -0.39 is 0 Å². The summed E-state index contributed by atoms with van der Waals surface area (Å²) in [5.41, 5.74) is 5.49. The van der Waals surface area contributed by atoms with Crippen LogP contribution in [0.4, 0.5) is 5.82 Å². The summed E-state index contributed by atoms with van der Waals surface area (Å²) in [7, 11) is 0. The van der Waals surface area contributed by atoms with Crippen LogP contribution in [-0.2, 0) is 11.2 Å². The van der Waals surface area contributed by atoms with E-state index in [4.69, 9.17) is 9.73 Å². The molecule has 2 aromatic heterocycles. The zero-order chi connectivity index (χ0) is 22.2. The summed E-state index contributed by atoms with van der Waals surface area (Å²) in [6.07, 6.45) is 7.40. The minimum absolute atomic E-state index is 0.229. The molecule has 2 aliphatic heterocycles. The minimum atomic E-state index is 0.229. The molecule has 0 amide bonds. The highest BCUT2D eigenvalue weighted by Gasteiger charge is 2.57. The molecule has 0 radical (unpaired) electrons. The molecule has 4 aliphatic rings. The number of nitrogens with one attached hydrogen (secondary N) is 1. The van der Waals surface area contributed by atoms with Crippen LogP contribution in [0.5, 0.6) is 0 Å². The molecule has 170 valence electrons. The van der Waals surface area contributed by atoms with Crippen LogP contribution in [0, 0.1) is 10.8 Å². The fourth-order valence-corrected chi connectivity index (χ4v) is 6.47. The molecule has 0 spiro atoms. The smallest absolute Gasteiger partial charge is 0.164 e. The summed E-state index contributed by atoms with van der Waals surface area (Å²) < 4.78 is 5.92. The van der Waals surface area contributed by atoms with Crippen molar-refractivity contribution in [3.05, 3.63) is 53.5 Å². The Bertz CT molecular complexity index is 1240. The van der Waals surface area contributed by atoms with Crippen molar-refractivity contribution >= 4 is 23.1 Å². The average Bonchev–Trinajstić information content (AvgIpc) is 3.23. The van der Waals surface area contributed by atoms with Gasteiger partial charge in [0.15, 0.2) is 5.82 Å². The average molecular weight is 442 g/mol. The van der Waals surface area contributed by atoms with Crippen molar-refractivity contribution in [3.8, 4) is 0 Å². The number of rotatable bonds is 4. The number of hydrogen-bond donors (Lipinski definition) is 1. The van der Waals surface area contributed by atoms with E-state index in [0.717, 1.165) is 49.6 Å². The molecule has 1 unspecified atom stereocenters. The van der Waals surface area contributed by atoms with Crippen LogP contribution in [0.3, 0.4) is 0 Å². The lowest BCUT2D eigenvalue weighted by Crippen LogP contribution is -2.39. The molecule has 2 aliphatic carbocycles. The number of ether oxygens (including phenoxy) is 1. The maximum Gasteiger partial charge on any atom is 0.164 e. The van der Waals surface area contributed by atoms with Crippen molar-refractivity contribution in [2.24, 2.45) is 15.8 Å². The summed E-state index contributed by atoms with van der Waals surface area (Å²) in [6, 6.07) is 11.5. The molecule has 3 aromatic rings. The molecule has 7 rings (SSSR count). The number of likely N-dealkylation sites (tertiary alicyclic amines) is 1. The van der Waals surface area contributed by atoms with E-state index in [1.165, 1.54) is 29.7 Å². The predicted octanol–water partition coefficient (Wildman–Crippen LogP) is 4.60. The van der Waals surface area contributed by atoms with Gasteiger partial charge in [-0.05, 0) is 42.4 Å². The van der Waals surface area contributed by atoms with Crippen LogP contribution in [0.1, 0.15) is 55.3 Å². The third kappa shape index (κ3) is 3.03. The quantitative estimate of drug-likeness (QED) is 0.601. The lowest BCUT2D eigenvalue weighted by atomic mass is 9.71. The third-order valence-electron chi connectivity index (χ3n) is 8.93. The van der Waals surface area contributed by atoms with Crippen molar-refractivity contribution in [1.29, 1.82) is 0 Å². The number of fused-ring (bicyclic) bond motifs is 3. The molecule has 6 nitrogen and oxygen atoms in total. The van der Waals surface area contributed by atoms with E-state index in [0.29, 0.717) is 12.0 Å². The third-order valence-corrected chi connectivity index (χ3v) is 8.93. The van der Waals surface area contributed by atoms with Gasteiger partial charge in [0, 0.05) is 47.8 Å². The number of aliphatic imine (C=N–C) groups is 1. The lowest BCUT2D eigenvalue weighted by molar-refractivity contribution is 0.115. The first-order valence-corrected chi connectivity index (χ1v) is 12.3. The van der Waals surface area contributed by atoms with Crippen molar-refractivity contribution in [2.45, 2.75) is 51.0 Å². The number of benzene rings is 1. The Balaban J connectivity index is 1.23. The van der Waals surface area contributed by atoms with Crippen molar-refractivity contribution in [3.63, 3.8) is 0 Å². The molecule has 4 atom stereocenters. The monoisotopic (exact) mass is 441 g/mol. The van der Waals surface area contributed by atoms with Crippen molar-refractivity contribution < 1.29 is 4.74 Å². The van der Waals surface area contributed by atoms with Gasteiger partial charge in [-0.2, -0.15) is 0 Å². The van der Waals surface area contributed by atoms with Gasteiger partial charge in [-0.25, -0.2) is 15.0 Å². The zero-order valence-electron chi connectivity index (χ0n) is 19.4. The Morgan fingerprint density at radius 2 is 1.91 bits per heavy atom. The van der Waals surface area contributed by atoms with Gasteiger partial charge in [0.05, 0.1) is 18.6 Å². The van der Waals surface area contributed by atoms with E-state index in [1.807, 2.05) is 0 Å². The lowest BCUT2D eigenvalue weighted by Gasteiger charge is -2.30. The summed E-state index contributed by atoms with van der Waals surface area (Å²) >= 11 is 0. The van der Waals surface area contributed by atoms with Gasteiger partial charge < -0.3 is 9.72 Å². The molecule has 1 N–H and O–H groups in total. The van der Waals surface area contributed by atoms with Crippen molar-refractivity contribution in [1.82, 2.24) is 19.9 Å². The number of H-pyrrole nitrogens is 1. The first-order chi connectivity index (χ1) is 16.0. The van der Waals surface area contributed by atoms with Crippen LogP contribution in [0.15, 0.2) is 41.7 Å². The maximum absolute atomic E-state index is 5.92. The van der Waals surface area contributed by atoms with Gasteiger partial charge >= 0.3 is 0 Å². The fraction of sp³-hybridized carbons (Fsp3) is 0.519. The largest absolute Gasteiger partial charge is 0.380 e. The van der Waals surface area contributed by atoms with Gasteiger partial charge in [-0.1, -0.05) is 38.1 Å². The number of aromatic nitrogens is 3.